The summed E-state index contributed by atoms with van der Waals surface area (Å²) in [7, 11) is 0. The van der Waals surface area contributed by atoms with Gasteiger partial charge in [-0.2, -0.15) is 0 Å². The van der Waals surface area contributed by atoms with E-state index >= 15 is 0 Å². The molecule has 0 saturated heterocycles. The number of nitrogens with one attached hydrogen (secondary N) is 1. The van der Waals surface area contributed by atoms with E-state index in [0.717, 1.165) is 0 Å². The quantitative estimate of drug-likeness (QED) is 0.249. The Hall–Kier alpha value is -1.38. The molecule has 80 valence electrons. The third-order valence-corrected chi connectivity index (χ3v) is 1.93. The number of nitrogens with two attached hydrogens (primary N) is 1. The van der Waals surface area contributed by atoms with Crippen LogP contribution in [-0.2, 0) is 0 Å². The second-order valence-electron chi connectivity index (χ2n) is 2.23. The first-order valence-corrected chi connectivity index (χ1v) is 4.83. The zero-order valence-corrected chi connectivity index (χ0v) is 9.39. The molecular weight excluding hydrogens is 234 g/mol. The first kappa shape index (κ1) is 13.6. The minimum Gasteiger partial charge on any atom is -1.00 e. The largest absolute Gasteiger partial charge is 1.00 e. The van der Waals surface area contributed by atoms with Crippen LogP contribution < -0.4 is 23.2 Å². The number of hydrazone groups is 1. The summed E-state index contributed by atoms with van der Waals surface area (Å²) in [4.78, 5) is 0. The number of rotatable bonds is 3. The van der Waals surface area contributed by atoms with Gasteiger partial charge in [0.25, 0.3) is 0 Å². The molecule has 0 bridgehead atoms. The third kappa shape index (κ3) is 5.83. The van der Waals surface area contributed by atoms with Gasteiger partial charge in [0.1, 0.15) is 0 Å². The van der Waals surface area contributed by atoms with Crippen molar-refractivity contribution in [3.05, 3.63) is 24.2 Å². The molecule has 0 saturated carbocycles. The van der Waals surface area contributed by atoms with E-state index in [1.807, 2.05) is 0 Å². The molecule has 1 heterocycles. The highest BCUT2D eigenvalue weighted by molar-refractivity contribution is 8.13. The Morgan fingerprint density at radius 2 is 2.60 bits per heavy atom. The minimum absolute atomic E-state index is 0. The molecule has 0 atom stereocenters. The van der Waals surface area contributed by atoms with Crippen LogP contribution in [0.5, 0.6) is 0 Å². The fourth-order valence-electron chi connectivity index (χ4n) is 0.681. The predicted octanol–water partition coefficient (Wildman–Crippen LogP) is -3.62. The highest BCUT2D eigenvalue weighted by Crippen LogP contribution is 1.95. The molecule has 0 amide bonds. The van der Waals surface area contributed by atoms with Gasteiger partial charge in [-0.25, -0.2) is 0 Å². The van der Waals surface area contributed by atoms with Crippen molar-refractivity contribution in [2.75, 3.05) is 5.75 Å². The zero-order chi connectivity index (χ0) is 10.2. The van der Waals surface area contributed by atoms with Gasteiger partial charge >= 0.3 is 0 Å². The third-order valence-electron chi connectivity index (χ3n) is 1.23. The zero-order valence-electron chi connectivity index (χ0n) is 7.81. The maximum atomic E-state index is 5.50. The van der Waals surface area contributed by atoms with Crippen LogP contribution in [0.2, 0.25) is 0 Å². The van der Waals surface area contributed by atoms with Gasteiger partial charge in [0.05, 0.1) is 12.0 Å². The van der Waals surface area contributed by atoms with Crippen LogP contribution >= 0.6 is 11.8 Å². The van der Waals surface area contributed by atoms with Gasteiger partial charge < -0.3 is 22.6 Å². The number of hydrogen-bond donors (Lipinski definition) is 2. The Balaban J connectivity index is 0.00000196. The summed E-state index contributed by atoms with van der Waals surface area (Å²) in [5.74, 6) is 3.64. The van der Waals surface area contributed by atoms with Gasteiger partial charge in [0, 0.05) is 5.10 Å². The van der Waals surface area contributed by atoms with Crippen molar-refractivity contribution >= 4 is 23.1 Å². The van der Waals surface area contributed by atoms with Crippen LogP contribution in [-0.4, -0.2) is 17.1 Å². The normalized spacial score (nSPS) is 11.0. The van der Waals surface area contributed by atoms with Crippen molar-refractivity contribution < 1.29 is 21.9 Å². The van der Waals surface area contributed by atoms with Crippen molar-refractivity contribution in [3.63, 3.8) is 0 Å². The molecule has 0 aromatic carbocycles. The van der Waals surface area contributed by atoms with Gasteiger partial charge in [0.2, 0.25) is 11.4 Å². The number of thioether (sulfide) groups is 1. The number of amidine groups is 1. The van der Waals surface area contributed by atoms with Gasteiger partial charge in [-0.05, 0) is 12.1 Å². The molecule has 0 aliphatic heterocycles. The van der Waals surface area contributed by atoms with E-state index in [1.165, 1.54) is 11.8 Å². The van der Waals surface area contributed by atoms with Crippen LogP contribution in [0.15, 0.2) is 27.9 Å². The summed E-state index contributed by atoms with van der Waals surface area (Å²) in [6.07, 6.45) is 8.24. The average Bonchev–Trinajstić information content (AvgIpc) is 2.67. The van der Waals surface area contributed by atoms with Gasteiger partial charge in [-0.1, -0.05) is 22.8 Å². The summed E-state index contributed by atoms with van der Waals surface area (Å²) in [5.41, 5.74) is 5.50. The van der Waals surface area contributed by atoms with Crippen molar-refractivity contribution in [2.24, 2.45) is 10.8 Å². The second-order valence-corrected chi connectivity index (χ2v) is 3.23. The number of furan rings is 1. The van der Waals surface area contributed by atoms with E-state index in [4.69, 9.17) is 16.6 Å². The average molecular weight is 244 g/mol. The van der Waals surface area contributed by atoms with E-state index in [-0.39, 0.29) is 12.4 Å². The number of terminal acetylenes is 1. The molecule has 3 N–H and O–H groups in total. The van der Waals surface area contributed by atoms with E-state index in [1.54, 1.807) is 24.6 Å². The molecule has 0 aliphatic carbocycles. The van der Waals surface area contributed by atoms with Crippen LogP contribution in [0.3, 0.4) is 0 Å². The molecule has 1 rings (SSSR count). The maximum Gasteiger partial charge on any atom is 0.236 e. The predicted molar refractivity (Wildman–Crippen MR) is 57.8 cm³/mol. The van der Waals surface area contributed by atoms with Crippen LogP contribution in [0.4, 0.5) is 0 Å². The van der Waals surface area contributed by atoms with E-state index in [2.05, 4.69) is 16.1 Å². The van der Waals surface area contributed by atoms with E-state index in [0.29, 0.717) is 16.7 Å². The van der Waals surface area contributed by atoms with E-state index < -0.39 is 0 Å². The lowest BCUT2D eigenvalue weighted by Gasteiger charge is -1.86. The molecule has 0 aliphatic rings. The number of hydrogen-bond acceptors (Lipinski definition) is 3. The van der Waals surface area contributed by atoms with Crippen LogP contribution in [0.1, 0.15) is 5.76 Å². The molecule has 0 fully saturated rings. The lowest BCUT2D eigenvalue weighted by molar-refractivity contribution is -0.456. The summed E-state index contributed by atoms with van der Waals surface area (Å²) in [6.45, 7) is 0. The lowest BCUT2D eigenvalue weighted by Crippen LogP contribution is -3.00. The first-order valence-electron chi connectivity index (χ1n) is 3.84. The highest BCUT2D eigenvalue weighted by atomic mass is 35.5. The Kier molecular flexibility index (Phi) is 7.24. The molecule has 0 spiro atoms. The minimum atomic E-state index is 0. The van der Waals surface area contributed by atoms with Crippen molar-refractivity contribution in [3.8, 4) is 12.3 Å². The van der Waals surface area contributed by atoms with Crippen molar-refractivity contribution in [2.45, 2.75) is 0 Å². The summed E-state index contributed by atoms with van der Waals surface area (Å²) >= 11 is 1.29. The van der Waals surface area contributed by atoms with Gasteiger partial charge in [-0.15, -0.1) is 6.42 Å². The number of nitrogens with zero attached hydrogens (tertiary/aromatic N) is 1. The van der Waals surface area contributed by atoms with Crippen LogP contribution in [0.25, 0.3) is 0 Å². The second kappa shape index (κ2) is 7.97. The Morgan fingerprint density at radius 1 is 1.80 bits per heavy atom. The fourth-order valence-corrected chi connectivity index (χ4v) is 1.03. The van der Waals surface area contributed by atoms with Crippen LogP contribution in [0, 0.1) is 12.3 Å². The first-order chi connectivity index (χ1) is 6.83. The molecule has 1 aromatic heterocycles. The number of halogens is 1. The SMILES string of the molecule is C#CCSC(N)=N[NH+]=Cc1ccco1.[Cl-]. The summed E-state index contributed by atoms with van der Waals surface area (Å²) in [5, 5.41) is 6.88. The molecule has 0 unspecified atom stereocenters. The molecule has 15 heavy (non-hydrogen) atoms. The Morgan fingerprint density at radius 3 is 3.20 bits per heavy atom. The molecule has 6 heteroatoms. The molecule has 1 aromatic rings. The van der Waals surface area contributed by atoms with Gasteiger partial charge in [-0.3, -0.25) is 0 Å². The van der Waals surface area contributed by atoms with Crippen molar-refractivity contribution in [1.29, 1.82) is 0 Å². The van der Waals surface area contributed by atoms with Crippen molar-refractivity contribution in [1.82, 2.24) is 0 Å². The van der Waals surface area contributed by atoms with E-state index in [9.17, 15) is 0 Å². The maximum absolute atomic E-state index is 5.50. The monoisotopic (exact) mass is 243 g/mol. The standard InChI is InChI=1S/C9H9N3OS.ClH/c1-2-6-14-9(10)12-11-7-8-4-3-5-13-8;/h1,3-5,7H,6H2,(H2,10,12);1H. The Labute approximate surface area is 98.4 Å². The topological polar surface area (TPSA) is 65.5 Å². The summed E-state index contributed by atoms with van der Waals surface area (Å²) in [6, 6.07) is 3.58. The summed E-state index contributed by atoms with van der Waals surface area (Å²) < 4.78 is 5.03. The lowest BCUT2D eigenvalue weighted by atomic mass is 10.5. The molecule has 0 radical (unpaired) electrons. The Bertz CT molecular complexity index is 367. The molecule has 4 nitrogen and oxygen atoms in total. The molecular formula is C9H10ClN3OS. The smallest absolute Gasteiger partial charge is 0.236 e. The van der Waals surface area contributed by atoms with Gasteiger partial charge in [0.15, 0.2) is 5.76 Å². The highest BCUT2D eigenvalue weighted by Gasteiger charge is 1.94. The fraction of sp³-hybridized carbons (Fsp3) is 0.111.